The number of aryl methyl sites for hydroxylation is 1. The maximum Gasteiger partial charge on any atom is 0.303 e. The van der Waals surface area contributed by atoms with Gasteiger partial charge in [0.25, 0.3) is 0 Å². The van der Waals surface area contributed by atoms with Gasteiger partial charge in [-0.25, -0.2) is 0 Å². The molecule has 112 valence electrons. The summed E-state index contributed by atoms with van der Waals surface area (Å²) in [6.45, 7) is 4.67. The van der Waals surface area contributed by atoms with Gasteiger partial charge in [0.15, 0.2) is 0 Å². The summed E-state index contributed by atoms with van der Waals surface area (Å²) in [6.07, 6.45) is -0.103. The van der Waals surface area contributed by atoms with E-state index in [1.54, 1.807) is 6.07 Å². The predicted octanol–water partition coefficient (Wildman–Crippen LogP) is 1.44. The van der Waals surface area contributed by atoms with E-state index in [1.165, 1.54) is 0 Å². The minimum Gasteiger partial charge on any atom is -0.491 e. The van der Waals surface area contributed by atoms with E-state index >= 15 is 0 Å². The average molecular weight is 281 g/mol. The summed E-state index contributed by atoms with van der Waals surface area (Å²) < 4.78 is 5.58. The first-order valence-electron chi connectivity index (χ1n) is 6.83. The summed E-state index contributed by atoms with van der Waals surface area (Å²) in [5, 5.41) is 21.6. The van der Waals surface area contributed by atoms with Crippen molar-refractivity contribution in [3.63, 3.8) is 0 Å². The molecule has 1 atom stereocenters. The fraction of sp³-hybridized carbons (Fsp3) is 0.533. The molecule has 20 heavy (non-hydrogen) atoms. The molecular weight excluding hydrogens is 258 g/mol. The molecular formula is C15H23NO4. The third-order valence-corrected chi connectivity index (χ3v) is 2.77. The Labute approximate surface area is 119 Å². The average Bonchev–Trinajstić information content (AvgIpc) is 2.41. The molecule has 0 aliphatic heterocycles. The SMILES string of the molecule is CC(C)NCC(O)COc1ccccc1CCC(=O)O. The highest BCUT2D eigenvalue weighted by Crippen LogP contribution is 2.19. The summed E-state index contributed by atoms with van der Waals surface area (Å²) in [4.78, 5) is 10.6. The molecule has 0 aliphatic carbocycles. The lowest BCUT2D eigenvalue weighted by molar-refractivity contribution is -0.136. The largest absolute Gasteiger partial charge is 0.491 e. The van der Waals surface area contributed by atoms with Crippen molar-refractivity contribution in [2.75, 3.05) is 13.2 Å². The van der Waals surface area contributed by atoms with Gasteiger partial charge in [-0.1, -0.05) is 32.0 Å². The Balaban J connectivity index is 2.48. The quantitative estimate of drug-likeness (QED) is 0.638. The van der Waals surface area contributed by atoms with Crippen molar-refractivity contribution in [3.8, 4) is 5.75 Å². The van der Waals surface area contributed by atoms with E-state index in [9.17, 15) is 9.90 Å². The van der Waals surface area contributed by atoms with Gasteiger partial charge in [0.1, 0.15) is 18.5 Å². The third-order valence-electron chi connectivity index (χ3n) is 2.77. The lowest BCUT2D eigenvalue weighted by Gasteiger charge is -2.16. The van der Waals surface area contributed by atoms with E-state index in [4.69, 9.17) is 9.84 Å². The Morgan fingerprint density at radius 3 is 2.70 bits per heavy atom. The van der Waals surface area contributed by atoms with Crippen LogP contribution in [0.3, 0.4) is 0 Å². The molecule has 0 spiro atoms. The van der Waals surface area contributed by atoms with Crippen LogP contribution in [0.2, 0.25) is 0 Å². The van der Waals surface area contributed by atoms with Crippen LogP contribution in [0.5, 0.6) is 5.75 Å². The van der Waals surface area contributed by atoms with Crippen molar-refractivity contribution in [1.29, 1.82) is 0 Å². The summed E-state index contributed by atoms with van der Waals surface area (Å²) in [6, 6.07) is 7.63. The van der Waals surface area contributed by atoms with Crippen molar-refractivity contribution >= 4 is 5.97 Å². The highest BCUT2D eigenvalue weighted by molar-refractivity contribution is 5.67. The Kier molecular flexibility index (Phi) is 7.04. The van der Waals surface area contributed by atoms with Crippen molar-refractivity contribution in [1.82, 2.24) is 5.32 Å². The number of hydrogen-bond donors (Lipinski definition) is 3. The third kappa shape index (κ3) is 6.54. The second-order valence-corrected chi connectivity index (χ2v) is 5.03. The van der Waals surface area contributed by atoms with E-state index in [1.807, 2.05) is 32.0 Å². The Bertz CT molecular complexity index is 420. The highest BCUT2D eigenvalue weighted by Gasteiger charge is 2.09. The van der Waals surface area contributed by atoms with Crippen LogP contribution in [0, 0.1) is 0 Å². The highest BCUT2D eigenvalue weighted by atomic mass is 16.5. The number of hydrogen-bond acceptors (Lipinski definition) is 4. The maximum absolute atomic E-state index is 10.6. The van der Waals surface area contributed by atoms with Gasteiger partial charge in [0.2, 0.25) is 0 Å². The molecule has 0 saturated heterocycles. The van der Waals surface area contributed by atoms with E-state index in [0.29, 0.717) is 24.8 Å². The molecule has 0 heterocycles. The molecule has 1 rings (SSSR count). The van der Waals surface area contributed by atoms with Gasteiger partial charge >= 0.3 is 5.97 Å². The van der Waals surface area contributed by atoms with Gasteiger partial charge in [-0.05, 0) is 18.1 Å². The number of carboxylic acid groups (broad SMARTS) is 1. The zero-order chi connectivity index (χ0) is 15.0. The molecule has 5 nitrogen and oxygen atoms in total. The van der Waals surface area contributed by atoms with Crippen LogP contribution in [-0.2, 0) is 11.2 Å². The van der Waals surface area contributed by atoms with Crippen LogP contribution in [0.15, 0.2) is 24.3 Å². The lowest BCUT2D eigenvalue weighted by Crippen LogP contribution is -2.35. The summed E-state index contributed by atoms with van der Waals surface area (Å²) in [5.41, 5.74) is 0.846. The Morgan fingerprint density at radius 2 is 2.05 bits per heavy atom. The Morgan fingerprint density at radius 1 is 1.35 bits per heavy atom. The molecule has 5 heteroatoms. The fourth-order valence-electron chi connectivity index (χ4n) is 1.71. The molecule has 0 bridgehead atoms. The molecule has 1 aromatic carbocycles. The molecule has 1 aromatic rings. The zero-order valence-corrected chi connectivity index (χ0v) is 12.0. The number of aliphatic hydroxyl groups is 1. The van der Waals surface area contributed by atoms with Crippen LogP contribution < -0.4 is 10.1 Å². The Hall–Kier alpha value is -1.59. The van der Waals surface area contributed by atoms with E-state index < -0.39 is 12.1 Å². The van der Waals surface area contributed by atoms with Crippen LogP contribution >= 0.6 is 0 Å². The molecule has 3 N–H and O–H groups in total. The standard InChI is InChI=1S/C15H23NO4/c1-11(2)16-9-13(17)10-20-14-6-4-3-5-12(14)7-8-15(18)19/h3-6,11,13,16-17H,7-10H2,1-2H3,(H,18,19). The van der Waals surface area contributed by atoms with Crippen LogP contribution in [-0.4, -0.2) is 41.5 Å². The second-order valence-electron chi connectivity index (χ2n) is 5.03. The lowest BCUT2D eigenvalue weighted by atomic mass is 10.1. The van der Waals surface area contributed by atoms with Gasteiger partial charge in [0, 0.05) is 19.0 Å². The number of rotatable bonds is 9. The number of aliphatic hydroxyl groups excluding tert-OH is 1. The van der Waals surface area contributed by atoms with Gasteiger partial charge in [-0.2, -0.15) is 0 Å². The molecule has 0 amide bonds. The molecule has 0 radical (unpaired) electrons. The molecule has 1 unspecified atom stereocenters. The fourth-order valence-corrected chi connectivity index (χ4v) is 1.71. The van der Waals surface area contributed by atoms with Gasteiger partial charge in [-0.3, -0.25) is 4.79 Å². The number of ether oxygens (including phenoxy) is 1. The minimum absolute atomic E-state index is 0.0673. The monoisotopic (exact) mass is 281 g/mol. The first kappa shape index (κ1) is 16.5. The van der Waals surface area contributed by atoms with Gasteiger partial charge in [0.05, 0.1) is 0 Å². The molecule has 0 saturated carbocycles. The number of aliphatic carboxylic acids is 1. The maximum atomic E-state index is 10.6. The second kappa shape index (κ2) is 8.55. The van der Waals surface area contributed by atoms with E-state index in [2.05, 4.69) is 5.32 Å². The van der Waals surface area contributed by atoms with Gasteiger partial charge < -0.3 is 20.3 Å². The van der Waals surface area contributed by atoms with Crippen LogP contribution in [0.25, 0.3) is 0 Å². The molecule has 0 fully saturated rings. The van der Waals surface area contributed by atoms with Crippen molar-refractivity contribution in [2.24, 2.45) is 0 Å². The number of nitrogens with one attached hydrogen (secondary N) is 1. The molecule has 0 aromatic heterocycles. The van der Waals surface area contributed by atoms with E-state index in [-0.39, 0.29) is 13.0 Å². The van der Waals surface area contributed by atoms with E-state index in [0.717, 1.165) is 5.56 Å². The van der Waals surface area contributed by atoms with Crippen molar-refractivity contribution in [2.45, 2.75) is 38.8 Å². The van der Waals surface area contributed by atoms with Crippen LogP contribution in [0.1, 0.15) is 25.8 Å². The minimum atomic E-state index is -0.832. The molecule has 0 aliphatic rings. The van der Waals surface area contributed by atoms with Crippen molar-refractivity contribution in [3.05, 3.63) is 29.8 Å². The normalized spacial score (nSPS) is 12.4. The zero-order valence-electron chi connectivity index (χ0n) is 12.0. The first-order chi connectivity index (χ1) is 9.49. The topological polar surface area (TPSA) is 78.8 Å². The number of benzene rings is 1. The number of carboxylic acids is 1. The number of carbonyl (C=O) groups is 1. The van der Waals surface area contributed by atoms with Crippen LogP contribution in [0.4, 0.5) is 0 Å². The summed E-state index contributed by atoms with van der Waals surface area (Å²) in [7, 11) is 0. The first-order valence-corrected chi connectivity index (χ1v) is 6.83. The smallest absolute Gasteiger partial charge is 0.303 e. The predicted molar refractivity (Wildman–Crippen MR) is 77.0 cm³/mol. The van der Waals surface area contributed by atoms with Crippen molar-refractivity contribution < 1.29 is 19.7 Å². The summed E-state index contributed by atoms with van der Waals surface area (Å²) >= 11 is 0. The summed E-state index contributed by atoms with van der Waals surface area (Å²) in [5.74, 6) is -0.196. The van der Waals surface area contributed by atoms with Gasteiger partial charge in [-0.15, -0.1) is 0 Å². The number of para-hydroxylation sites is 1.